The van der Waals surface area contributed by atoms with Crippen LogP contribution < -0.4 is 10.7 Å². The predicted octanol–water partition coefficient (Wildman–Crippen LogP) is 4.07. The Morgan fingerprint density at radius 1 is 1.22 bits per heavy atom. The van der Waals surface area contributed by atoms with Crippen LogP contribution in [0.15, 0.2) is 58.1 Å². The quantitative estimate of drug-likeness (QED) is 0.354. The second kappa shape index (κ2) is 7.80. The van der Waals surface area contributed by atoms with E-state index in [2.05, 4.69) is 31.8 Å². The van der Waals surface area contributed by atoms with Crippen molar-refractivity contribution in [1.29, 1.82) is 0 Å². The molecule has 0 saturated heterocycles. The molecule has 2 aromatic rings. The Labute approximate surface area is 146 Å². The average Bonchev–Trinajstić information content (AvgIpc) is 2.53. The molecule has 0 aliphatic rings. The number of nitrogens with one attached hydrogen (secondary N) is 2. The number of thiocarbonyl (C=S) groups is 1. The van der Waals surface area contributed by atoms with Crippen molar-refractivity contribution in [2.45, 2.75) is 6.92 Å². The summed E-state index contributed by atoms with van der Waals surface area (Å²) in [5.74, 6) is 0. The van der Waals surface area contributed by atoms with Crippen LogP contribution in [0.3, 0.4) is 0 Å². The monoisotopic (exact) mass is 392 g/mol. The Balaban J connectivity index is 2.04. The molecule has 0 spiro atoms. The number of hydrogen-bond acceptors (Lipinski definition) is 4. The lowest BCUT2D eigenvalue weighted by atomic mass is 10.1. The van der Waals surface area contributed by atoms with Gasteiger partial charge in [-0.05, 0) is 42.9 Å². The van der Waals surface area contributed by atoms with Crippen molar-refractivity contribution in [3.05, 3.63) is 68.7 Å². The van der Waals surface area contributed by atoms with Crippen molar-refractivity contribution in [1.82, 2.24) is 5.43 Å². The third-order valence-corrected chi connectivity index (χ3v) is 3.66. The molecule has 0 aliphatic heterocycles. The zero-order valence-electron chi connectivity index (χ0n) is 12.1. The van der Waals surface area contributed by atoms with Crippen LogP contribution in [-0.4, -0.2) is 15.7 Å². The normalized spacial score (nSPS) is 11.0. The molecule has 0 radical (unpaired) electrons. The number of nitro groups is 1. The molecule has 0 heterocycles. The Morgan fingerprint density at radius 2 is 1.87 bits per heavy atom. The van der Waals surface area contributed by atoms with Crippen molar-refractivity contribution >= 4 is 50.3 Å². The van der Waals surface area contributed by atoms with E-state index in [1.165, 1.54) is 6.07 Å². The van der Waals surface area contributed by atoms with Gasteiger partial charge in [0.2, 0.25) is 0 Å². The highest BCUT2D eigenvalue weighted by atomic mass is 79.9. The number of nitro benzene ring substituents is 1. The molecule has 6 nitrogen and oxygen atoms in total. The predicted molar refractivity (Wildman–Crippen MR) is 98.8 cm³/mol. The van der Waals surface area contributed by atoms with E-state index in [-0.39, 0.29) is 10.8 Å². The van der Waals surface area contributed by atoms with Crippen LogP contribution >= 0.6 is 28.1 Å². The first-order chi connectivity index (χ1) is 11.0. The van der Waals surface area contributed by atoms with Gasteiger partial charge in [-0.15, -0.1) is 0 Å². The van der Waals surface area contributed by atoms with Crippen LogP contribution in [0.5, 0.6) is 0 Å². The molecule has 0 saturated carbocycles. The fraction of sp³-hybridized carbons (Fsp3) is 0.0667. The van der Waals surface area contributed by atoms with Crippen LogP contribution in [0.25, 0.3) is 0 Å². The smallest absolute Gasteiger partial charge is 0.292 e. The van der Waals surface area contributed by atoms with E-state index in [0.717, 1.165) is 15.7 Å². The lowest BCUT2D eigenvalue weighted by molar-refractivity contribution is -0.383. The van der Waals surface area contributed by atoms with Gasteiger partial charge in [0.05, 0.1) is 10.6 Å². The van der Waals surface area contributed by atoms with Gasteiger partial charge in [0.25, 0.3) is 5.69 Å². The highest BCUT2D eigenvalue weighted by Gasteiger charge is 2.12. The Morgan fingerprint density at radius 3 is 2.52 bits per heavy atom. The van der Waals surface area contributed by atoms with Gasteiger partial charge in [-0.1, -0.05) is 40.2 Å². The molecule has 8 heteroatoms. The maximum atomic E-state index is 11.0. The van der Waals surface area contributed by atoms with E-state index in [1.807, 2.05) is 31.2 Å². The van der Waals surface area contributed by atoms with Gasteiger partial charge in [-0.3, -0.25) is 15.5 Å². The molecule has 2 aromatic carbocycles. The average molecular weight is 393 g/mol. The minimum Gasteiger partial charge on any atom is -0.326 e. The van der Waals surface area contributed by atoms with E-state index in [0.29, 0.717) is 5.69 Å². The van der Waals surface area contributed by atoms with Crippen LogP contribution in [0.1, 0.15) is 12.5 Å². The molecule has 0 fully saturated rings. The topological polar surface area (TPSA) is 79.6 Å². The Kier molecular flexibility index (Phi) is 5.78. The molecule has 23 heavy (non-hydrogen) atoms. The first-order valence-corrected chi connectivity index (χ1v) is 7.78. The molecule has 2 N–H and O–H groups in total. The number of anilines is 1. The summed E-state index contributed by atoms with van der Waals surface area (Å²) in [5, 5.41) is 18.1. The van der Waals surface area contributed by atoms with Gasteiger partial charge < -0.3 is 5.32 Å². The van der Waals surface area contributed by atoms with Gasteiger partial charge in [-0.25, -0.2) is 0 Å². The summed E-state index contributed by atoms with van der Waals surface area (Å²) < 4.78 is 0.982. The molecule has 0 amide bonds. The highest BCUT2D eigenvalue weighted by molar-refractivity contribution is 9.10. The summed E-state index contributed by atoms with van der Waals surface area (Å²) in [6.45, 7) is 1.84. The van der Waals surface area contributed by atoms with Gasteiger partial charge >= 0.3 is 0 Å². The van der Waals surface area contributed by atoms with Crippen LogP contribution in [0, 0.1) is 10.1 Å². The van der Waals surface area contributed by atoms with Gasteiger partial charge in [0.15, 0.2) is 5.11 Å². The van der Waals surface area contributed by atoms with Gasteiger partial charge in [-0.2, -0.15) is 5.10 Å². The number of halogens is 1. The van der Waals surface area contributed by atoms with Gasteiger partial charge in [0, 0.05) is 10.5 Å². The minimum atomic E-state index is -0.471. The summed E-state index contributed by atoms with van der Waals surface area (Å²) >= 11 is 8.48. The molecule has 0 atom stereocenters. The summed E-state index contributed by atoms with van der Waals surface area (Å²) in [7, 11) is 0. The standard InChI is InChI=1S/C15H13BrN4O2S/c1-10(11-6-8-12(16)9-7-11)18-19-15(23)17-13-4-2-3-5-14(13)20(21)22/h2-9H,1H3,(H2,17,19,23)/b18-10+. The zero-order valence-corrected chi connectivity index (χ0v) is 14.5. The maximum Gasteiger partial charge on any atom is 0.292 e. The van der Waals surface area contributed by atoms with Crippen molar-refractivity contribution in [3.8, 4) is 0 Å². The van der Waals surface area contributed by atoms with E-state index in [4.69, 9.17) is 12.2 Å². The van der Waals surface area contributed by atoms with Crippen molar-refractivity contribution in [2.24, 2.45) is 5.10 Å². The number of benzene rings is 2. The summed E-state index contributed by atoms with van der Waals surface area (Å²) in [6, 6.07) is 13.9. The Hall–Kier alpha value is -2.32. The van der Waals surface area contributed by atoms with Crippen molar-refractivity contribution < 1.29 is 4.92 Å². The number of nitrogens with zero attached hydrogens (tertiary/aromatic N) is 2. The third-order valence-electron chi connectivity index (χ3n) is 2.94. The molecular weight excluding hydrogens is 380 g/mol. The van der Waals surface area contributed by atoms with E-state index in [1.54, 1.807) is 18.2 Å². The lowest BCUT2D eigenvalue weighted by Crippen LogP contribution is -2.25. The summed E-state index contributed by atoms with van der Waals surface area (Å²) in [4.78, 5) is 10.5. The zero-order chi connectivity index (χ0) is 16.8. The van der Waals surface area contributed by atoms with Crippen molar-refractivity contribution in [3.63, 3.8) is 0 Å². The highest BCUT2D eigenvalue weighted by Crippen LogP contribution is 2.22. The SMILES string of the molecule is C/C(=N\NC(=S)Nc1ccccc1[N+](=O)[O-])c1ccc(Br)cc1. The van der Waals surface area contributed by atoms with Crippen LogP contribution in [0.2, 0.25) is 0 Å². The molecule has 0 unspecified atom stereocenters. The molecule has 0 aromatic heterocycles. The fourth-order valence-corrected chi connectivity index (χ4v) is 2.20. The summed E-state index contributed by atoms with van der Waals surface area (Å²) in [6.07, 6.45) is 0. The second-order valence-electron chi connectivity index (χ2n) is 4.54. The second-order valence-corrected chi connectivity index (χ2v) is 5.87. The first kappa shape index (κ1) is 17.0. The summed E-state index contributed by atoms with van der Waals surface area (Å²) in [5.41, 5.74) is 4.62. The molecular formula is C15H13BrN4O2S. The van der Waals surface area contributed by atoms with E-state index in [9.17, 15) is 10.1 Å². The third kappa shape index (κ3) is 4.83. The first-order valence-electron chi connectivity index (χ1n) is 6.58. The number of hydrogen-bond donors (Lipinski definition) is 2. The van der Waals surface area contributed by atoms with Crippen molar-refractivity contribution in [2.75, 3.05) is 5.32 Å². The van der Waals surface area contributed by atoms with Crippen LogP contribution in [-0.2, 0) is 0 Å². The number of hydrazone groups is 1. The van der Waals surface area contributed by atoms with Gasteiger partial charge in [0.1, 0.15) is 5.69 Å². The fourth-order valence-electron chi connectivity index (χ4n) is 1.78. The molecule has 118 valence electrons. The molecule has 0 aliphatic carbocycles. The molecule has 2 rings (SSSR count). The number of para-hydroxylation sites is 2. The number of rotatable bonds is 4. The minimum absolute atomic E-state index is 0.0507. The molecule has 0 bridgehead atoms. The lowest BCUT2D eigenvalue weighted by Gasteiger charge is -2.08. The largest absolute Gasteiger partial charge is 0.326 e. The van der Waals surface area contributed by atoms with E-state index >= 15 is 0 Å². The maximum absolute atomic E-state index is 11.0. The Bertz CT molecular complexity index is 762. The van der Waals surface area contributed by atoms with E-state index < -0.39 is 4.92 Å². The van der Waals surface area contributed by atoms with Crippen LogP contribution in [0.4, 0.5) is 11.4 Å².